The van der Waals surface area contributed by atoms with Crippen molar-refractivity contribution in [3.05, 3.63) is 134 Å². The summed E-state index contributed by atoms with van der Waals surface area (Å²) < 4.78 is 16.7. The predicted octanol–water partition coefficient (Wildman–Crippen LogP) is 17.5. The molecule has 6 nitrogen and oxygen atoms in total. The lowest BCUT2D eigenvalue weighted by Crippen LogP contribution is -2.30. The van der Waals surface area contributed by atoms with Gasteiger partial charge in [0.25, 0.3) is 0 Å². The Morgan fingerprint density at radius 1 is 0.318 bits per heavy atom. The zero-order chi connectivity index (χ0) is 47.9. The number of hydrogen-bond acceptors (Lipinski definition) is 6. The molecule has 1 unspecified atom stereocenters. The molecule has 0 fully saturated rings. The van der Waals surface area contributed by atoms with Crippen LogP contribution in [0.5, 0.6) is 0 Å². The van der Waals surface area contributed by atoms with Crippen molar-refractivity contribution in [2.75, 3.05) is 13.2 Å². The molecule has 1 atom stereocenters. The van der Waals surface area contributed by atoms with E-state index in [1.807, 2.05) is 72.9 Å². The Hall–Kier alpha value is -4.45. The van der Waals surface area contributed by atoms with E-state index in [1.165, 1.54) is 57.8 Å². The first-order chi connectivity index (χ1) is 32.5. The lowest BCUT2D eigenvalue weighted by Gasteiger charge is -2.18. The third-order valence-electron chi connectivity index (χ3n) is 10.6. The molecule has 0 spiro atoms. The molecule has 0 heterocycles. The van der Waals surface area contributed by atoms with Gasteiger partial charge < -0.3 is 14.2 Å². The molecule has 0 bridgehead atoms. The van der Waals surface area contributed by atoms with Gasteiger partial charge in [-0.1, -0.05) is 238 Å². The monoisotopic (exact) mass is 911 g/mol. The Bertz CT molecular complexity index is 1460. The van der Waals surface area contributed by atoms with Gasteiger partial charge in [0.2, 0.25) is 0 Å². The summed E-state index contributed by atoms with van der Waals surface area (Å²) in [6, 6.07) is 0. The molecule has 0 amide bonds. The Morgan fingerprint density at radius 2 is 0.606 bits per heavy atom. The molecule has 0 rings (SSSR count). The van der Waals surface area contributed by atoms with Crippen molar-refractivity contribution in [3.8, 4) is 0 Å². The van der Waals surface area contributed by atoms with Gasteiger partial charge in [-0.2, -0.15) is 0 Å². The second-order valence-electron chi connectivity index (χ2n) is 16.9. The number of carbonyl (C=O) groups is 3. The van der Waals surface area contributed by atoms with E-state index in [4.69, 9.17) is 14.2 Å². The maximum absolute atomic E-state index is 12.8. The zero-order valence-electron chi connectivity index (χ0n) is 42.1. The lowest BCUT2D eigenvalue weighted by molar-refractivity contribution is -0.167. The van der Waals surface area contributed by atoms with Crippen LogP contribution in [0.1, 0.15) is 207 Å². The highest BCUT2D eigenvalue weighted by Gasteiger charge is 2.19. The first kappa shape index (κ1) is 61.5. The summed E-state index contributed by atoms with van der Waals surface area (Å²) in [5.74, 6) is -0.993. The van der Waals surface area contributed by atoms with Gasteiger partial charge in [0, 0.05) is 19.3 Å². The van der Waals surface area contributed by atoms with Crippen LogP contribution in [0.2, 0.25) is 0 Å². The lowest BCUT2D eigenvalue weighted by atomic mass is 10.1. The second kappa shape index (κ2) is 53.2. The van der Waals surface area contributed by atoms with E-state index in [0.29, 0.717) is 19.3 Å². The Kier molecular flexibility index (Phi) is 49.6. The maximum atomic E-state index is 12.8. The molecule has 0 aliphatic carbocycles. The minimum Gasteiger partial charge on any atom is -0.462 e. The first-order valence-corrected chi connectivity index (χ1v) is 26.3. The number of esters is 3. The number of unbranched alkanes of at least 4 members (excludes halogenated alkanes) is 20. The number of allylic oxidation sites excluding steroid dienone is 22. The summed E-state index contributed by atoms with van der Waals surface area (Å²) in [6.07, 6.45) is 74.3. The summed E-state index contributed by atoms with van der Waals surface area (Å²) in [6.45, 7) is 6.27. The molecule has 0 aliphatic heterocycles. The van der Waals surface area contributed by atoms with E-state index >= 15 is 0 Å². The Morgan fingerprint density at radius 3 is 0.985 bits per heavy atom. The highest BCUT2D eigenvalue weighted by atomic mass is 16.6. The van der Waals surface area contributed by atoms with Crippen LogP contribution in [-0.4, -0.2) is 37.2 Å². The molecular formula is C60H94O6. The van der Waals surface area contributed by atoms with Crippen LogP contribution < -0.4 is 0 Å². The largest absolute Gasteiger partial charge is 0.462 e. The minimum atomic E-state index is -0.815. The Labute approximate surface area is 405 Å². The molecule has 0 aliphatic rings. The third kappa shape index (κ3) is 50.5. The molecule has 66 heavy (non-hydrogen) atoms. The molecule has 0 N–H and O–H groups in total. The van der Waals surface area contributed by atoms with Gasteiger partial charge in [0.15, 0.2) is 6.10 Å². The number of ether oxygens (including phenoxy) is 3. The molecule has 370 valence electrons. The quantitative estimate of drug-likeness (QED) is 0.0199. The van der Waals surface area contributed by atoms with Crippen LogP contribution in [-0.2, 0) is 28.6 Å². The van der Waals surface area contributed by atoms with Gasteiger partial charge in [-0.3, -0.25) is 14.4 Å². The molecule has 0 aromatic heterocycles. The molecule has 0 radical (unpaired) electrons. The van der Waals surface area contributed by atoms with Crippen molar-refractivity contribution in [2.24, 2.45) is 0 Å². The van der Waals surface area contributed by atoms with E-state index in [1.54, 1.807) is 0 Å². The van der Waals surface area contributed by atoms with E-state index in [9.17, 15) is 14.4 Å². The summed E-state index contributed by atoms with van der Waals surface area (Å²) >= 11 is 0. The van der Waals surface area contributed by atoms with Crippen LogP contribution >= 0.6 is 0 Å². The van der Waals surface area contributed by atoms with Crippen molar-refractivity contribution in [1.82, 2.24) is 0 Å². The average Bonchev–Trinajstić information content (AvgIpc) is 3.31. The van der Waals surface area contributed by atoms with Crippen molar-refractivity contribution >= 4 is 17.9 Å². The molecular weight excluding hydrogens is 817 g/mol. The van der Waals surface area contributed by atoms with Gasteiger partial charge in [-0.25, -0.2) is 0 Å². The van der Waals surface area contributed by atoms with Gasteiger partial charge in [0.05, 0.1) is 0 Å². The summed E-state index contributed by atoms with van der Waals surface area (Å²) in [5.41, 5.74) is 0. The fourth-order valence-electron chi connectivity index (χ4n) is 6.71. The standard InChI is InChI=1S/C60H94O6/c1-4-7-10-13-16-19-22-25-27-29-30-31-33-35-38-41-44-47-50-53-59(62)65-56-57(55-64-58(61)52-49-46-43-40-37-34-24-21-18-15-12-9-6-3)66-60(63)54-51-48-45-42-39-36-32-28-26-23-20-17-14-11-8-5-2/h7,9-10,12-13,15-16,18-19,21-22,24-25,27-33,35,38,57H,4-6,8,11,14,17,20,23,26,34,36-37,39-56H2,1-3H3/b10-7-,12-9-,16-13-,18-15-,22-19-,24-21-,27-25-,30-29+,32-28-,33-31-,38-35-. The second-order valence-corrected chi connectivity index (χ2v) is 16.9. The minimum absolute atomic E-state index is 0.112. The fourth-order valence-corrected chi connectivity index (χ4v) is 6.71. The van der Waals surface area contributed by atoms with Crippen molar-refractivity contribution in [2.45, 2.75) is 213 Å². The van der Waals surface area contributed by atoms with Crippen LogP contribution in [0.4, 0.5) is 0 Å². The van der Waals surface area contributed by atoms with Crippen LogP contribution in [0.15, 0.2) is 134 Å². The van der Waals surface area contributed by atoms with Gasteiger partial charge in [0.1, 0.15) is 13.2 Å². The van der Waals surface area contributed by atoms with Crippen molar-refractivity contribution in [3.63, 3.8) is 0 Å². The fraction of sp³-hybridized carbons (Fsp3) is 0.583. The van der Waals surface area contributed by atoms with Gasteiger partial charge in [-0.15, -0.1) is 0 Å². The first-order valence-electron chi connectivity index (χ1n) is 26.3. The molecule has 0 aromatic rings. The SMILES string of the molecule is CC\C=C/C=C\C=C/C=C\C=C\C=C/C=C\CCCCCC(=O)OCC(COC(=O)CCCCCCC\C=C/C=C\C=C/CC)OC(=O)CCCCCCC/C=C\CCCCCCCCC. The molecule has 0 saturated heterocycles. The highest BCUT2D eigenvalue weighted by Crippen LogP contribution is 2.13. The summed E-state index contributed by atoms with van der Waals surface area (Å²) in [7, 11) is 0. The molecule has 0 saturated carbocycles. The highest BCUT2D eigenvalue weighted by molar-refractivity contribution is 5.71. The van der Waals surface area contributed by atoms with Crippen LogP contribution in [0.3, 0.4) is 0 Å². The molecule has 0 aromatic carbocycles. The smallest absolute Gasteiger partial charge is 0.306 e. The maximum Gasteiger partial charge on any atom is 0.306 e. The van der Waals surface area contributed by atoms with E-state index < -0.39 is 6.10 Å². The van der Waals surface area contributed by atoms with Crippen LogP contribution in [0.25, 0.3) is 0 Å². The van der Waals surface area contributed by atoms with E-state index in [-0.39, 0.29) is 31.1 Å². The predicted molar refractivity (Wildman–Crippen MR) is 283 cm³/mol. The molecule has 6 heteroatoms. The average molecular weight is 911 g/mol. The van der Waals surface area contributed by atoms with Crippen molar-refractivity contribution in [1.29, 1.82) is 0 Å². The summed E-state index contributed by atoms with van der Waals surface area (Å²) in [4.78, 5) is 38.0. The number of hydrogen-bond donors (Lipinski definition) is 0. The van der Waals surface area contributed by atoms with E-state index in [2.05, 4.69) is 81.5 Å². The normalized spacial score (nSPS) is 13.2. The number of carbonyl (C=O) groups excluding carboxylic acids is 3. The van der Waals surface area contributed by atoms with Crippen molar-refractivity contribution < 1.29 is 28.6 Å². The van der Waals surface area contributed by atoms with Gasteiger partial charge >= 0.3 is 17.9 Å². The Balaban J connectivity index is 4.55. The third-order valence-corrected chi connectivity index (χ3v) is 10.6. The topological polar surface area (TPSA) is 78.9 Å². The number of rotatable bonds is 45. The zero-order valence-corrected chi connectivity index (χ0v) is 42.1. The van der Waals surface area contributed by atoms with Gasteiger partial charge in [-0.05, 0) is 83.5 Å². The van der Waals surface area contributed by atoms with Crippen LogP contribution in [0, 0.1) is 0 Å². The summed E-state index contributed by atoms with van der Waals surface area (Å²) in [5, 5.41) is 0. The van der Waals surface area contributed by atoms with E-state index in [0.717, 1.165) is 109 Å².